The van der Waals surface area contributed by atoms with Crippen molar-refractivity contribution in [3.05, 3.63) is 42.2 Å². The van der Waals surface area contributed by atoms with Crippen LogP contribution in [0.1, 0.15) is 10.6 Å². The molecule has 0 N–H and O–H groups in total. The minimum absolute atomic E-state index is 0.104. The van der Waals surface area contributed by atoms with Gasteiger partial charge in [0.2, 0.25) is 0 Å². The predicted octanol–water partition coefficient (Wildman–Crippen LogP) is 2.47. The number of rotatable bonds is 4. The van der Waals surface area contributed by atoms with E-state index in [0.29, 0.717) is 30.3 Å². The van der Waals surface area contributed by atoms with Crippen LogP contribution in [0.25, 0.3) is 0 Å². The molecule has 122 valence electrons. The van der Waals surface area contributed by atoms with Gasteiger partial charge in [-0.3, -0.25) is 4.79 Å². The lowest BCUT2D eigenvalue weighted by Gasteiger charge is -2.31. The number of ether oxygens (including phenoxy) is 2. The van der Waals surface area contributed by atoms with Crippen molar-refractivity contribution in [2.75, 3.05) is 40.3 Å². The van der Waals surface area contributed by atoms with Crippen LogP contribution < -0.4 is 9.47 Å². The number of carbonyl (C=O) groups is 1. The number of hydrogen-bond acceptors (Lipinski definition) is 5. The zero-order valence-corrected chi connectivity index (χ0v) is 13.3. The average molecular weight is 316 g/mol. The highest BCUT2D eigenvalue weighted by Gasteiger charge is 2.23. The minimum atomic E-state index is -0.104. The number of hydrogen-bond donors (Lipinski definition) is 0. The Hall–Kier alpha value is -2.47. The Kier molecular flexibility index (Phi) is 4.52. The minimum Gasteiger partial charge on any atom is -0.493 e. The molecule has 0 spiro atoms. The van der Waals surface area contributed by atoms with E-state index in [-0.39, 0.29) is 11.9 Å². The summed E-state index contributed by atoms with van der Waals surface area (Å²) in [7, 11) is 3.63. The first kappa shape index (κ1) is 15.4. The zero-order chi connectivity index (χ0) is 16.2. The van der Waals surface area contributed by atoms with E-state index < -0.39 is 0 Å². The van der Waals surface area contributed by atoms with E-state index in [1.54, 1.807) is 36.3 Å². The molecular weight excluding hydrogens is 296 g/mol. The van der Waals surface area contributed by atoms with Crippen LogP contribution in [0.3, 0.4) is 0 Å². The highest BCUT2D eigenvalue weighted by atomic mass is 16.6. The molecular formula is C17H20N2O4. The van der Waals surface area contributed by atoms with Crippen molar-refractivity contribution in [2.24, 2.45) is 0 Å². The molecule has 0 saturated carbocycles. The molecule has 1 aromatic heterocycles. The molecule has 0 atom stereocenters. The van der Waals surface area contributed by atoms with Crippen LogP contribution in [0.15, 0.2) is 40.8 Å². The first-order valence-electron chi connectivity index (χ1n) is 7.56. The smallest absolute Gasteiger partial charge is 0.290 e. The summed E-state index contributed by atoms with van der Waals surface area (Å²) in [6.07, 6.45) is 0. The summed E-state index contributed by atoms with van der Waals surface area (Å²) in [5.74, 6) is 1.61. The first-order chi connectivity index (χ1) is 11.2. The third-order valence-corrected chi connectivity index (χ3v) is 3.86. The number of nitrogens with zero attached hydrogens (tertiary/aromatic N) is 2. The Morgan fingerprint density at radius 1 is 1.04 bits per heavy atom. The van der Waals surface area contributed by atoms with E-state index >= 15 is 0 Å². The van der Waals surface area contributed by atoms with E-state index in [9.17, 15) is 4.79 Å². The maximum Gasteiger partial charge on any atom is 0.290 e. The maximum absolute atomic E-state index is 12.4. The van der Waals surface area contributed by atoms with Gasteiger partial charge in [0, 0.05) is 32.2 Å². The number of benzene rings is 1. The molecule has 2 aromatic rings. The number of piperazine rings is 1. The molecule has 3 rings (SSSR count). The van der Waals surface area contributed by atoms with Gasteiger partial charge in [0.25, 0.3) is 11.9 Å². The number of methoxy groups -OCH3 is 1. The topological polar surface area (TPSA) is 55.2 Å². The molecule has 0 radical (unpaired) electrons. The van der Waals surface area contributed by atoms with Gasteiger partial charge in [-0.15, -0.1) is 0 Å². The molecule has 1 fully saturated rings. The SMILES string of the molecule is COc1ccccc1Oc1ccc(C(=O)N2CCN(C)CC2)o1. The van der Waals surface area contributed by atoms with E-state index in [4.69, 9.17) is 13.9 Å². The third kappa shape index (κ3) is 3.48. The summed E-state index contributed by atoms with van der Waals surface area (Å²) in [6, 6.07) is 10.6. The van der Waals surface area contributed by atoms with Crippen LogP contribution in [0, 0.1) is 0 Å². The first-order valence-corrected chi connectivity index (χ1v) is 7.56. The van der Waals surface area contributed by atoms with Crippen LogP contribution >= 0.6 is 0 Å². The summed E-state index contributed by atoms with van der Waals surface area (Å²) in [4.78, 5) is 16.4. The highest BCUT2D eigenvalue weighted by Crippen LogP contribution is 2.32. The second kappa shape index (κ2) is 6.75. The van der Waals surface area contributed by atoms with Gasteiger partial charge in [0.1, 0.15) is 0 Å². The van der Waals surface area contributed by atoms with Gasteiger partial charge >= 0.3 is 0 Å². The molecule has 1 aromatic carbocycles. The maximum atomic E-state index is 12.4. The average Bonchev–Trinajstić information content (AvgIpc) is 3.04. The number of furan rings is 1. The Labute approximate surface area is 135 Å². The Morgan fingerprint density at radius 2 is 1.74 bits per heavy atom. The summed E-state index contributed by atoms with van der Waals surface area (Å²) >= 11 is 0. The third-order valence-electron chi connectivity index (χ3n) is 3.86. The van der Waals surface area contributed by atoms with Crippen molar-refractivity contribution in [3.63, 3.8) is 0 Å². The van der Waals surface area contributed by atoms with Crippen LogP contribution in [0.4, 0.5) is 0 Å². The Bertz CT molecular complexity index is 675. The fourth-order valence-electron chi connectivity index (χ4n) is 2.47. The van der Waals surface area contributed by atoms with Gasteiger partial charge in [-0.25, -0.2) is 0 Å². The van der Waals surface area contributed by atoms with Crippen molar-refractivity contribution in [2.45, 2.75) is 0 Å². The Balaban J connectivity index is 1.69. The molecule has 2 heterocycles. The highest BCUT2D eigenvalue weighted by molar-refractivity contribution is 5.91. The van der Waals surface area contributed by atoms with Gasteiger partial charge in [-0.05, 0) is 25.2 Å². The molecule has 1 aliphatic heterocycles. The van der Waals surface area contributed by atoms with Crippen LogP contribution in [-0.4, -0.2) is 56.0 Å². The summed E-state index contributed by atoms with van der Waals surface area (Å²) in [5.41, 5.74) is 0. The van der Waals surface area contributed by atoms with Crippen molar-refractivity contribution < 1.29 is 18.7 Å². The largest absolute Gasteiger partial charge is 0.493 e. The number of para-hydroxylation sites is 2. The second-order valence-electron chi connectivity index (χ2n) is 5.47. The number of carbonyl (C=O) groups excluding carboxylic acids is 1. The van der Waals surface area contributed by atoms with E-state index in [1.807, 2.05) is 19.2 Å². The quantitative estimate of drug-likeness (QED) is 0.867. The van der Waals surface area contributed by atoms with Gasteiger partial charge in [-0.2, -0.15) is 0 Å². The molecule has 1 amide bonds. The van der Waals surface area contributed by atoms with E-state index in [0.717, 1.165) is 13.1 Å². The van der Waals surface area contributed by atoms with Crippen molar-refractivity contribution in [1.29, 1.82) is 0 Å². The molecule has 6 heteroatoms. The van der Waals surface area contributed by atoms with Gasteiger partial charge in [-0.1, -0.05) is 12.1 Å². The molecule has 23 heavy (non-hydrogen) atoms. The fourth-order valence-corrected chi connectivity index (χ4v) is 2.47. The number of amides is 1. The molecule has 0 unspecified atom stereocenters. The monoisotopic (exact) mass is 316 g/mol. The van der Waals surface area contributed by atoms with E-state index in [2.05, 4.69) is 4.90 Å². The molecule has 6 nitrogen and oxygen atoms in total. The van der Waals surface area contributed by atoms with Gasteiger partial charge in [0.05, 0.1) is 7.11 Å². The molecule has 0 aliphatic carbocycles. The lowest BCUT2D eigenvalue weighted by Crippen LogP contribution is -2.47. The van der Waals surface area contributed by atoms with Gasteiger partial charge in [0.15, 0.2) is 17.3 Å². The lowest BCUT2D eigenvalue weighted by atomic mass is 10.3. The standard InChI is InChI=1S/C17H20N2O4/c1-18-9-11-19(12-10-18)17(20)15-7-8-16(23-15)22-14-6-4-3-5-13(14)21-2/h3-8H,9-12H2,1-2H3. The zero-order valence-electron chi connectivity index (χ0n) is 13.3. The van der Waals surface area contributed by atoms with Crippen molar-refractivity contribution >= 4 is 5.91 Å². The summed E-state index contributed by atoms with van der Waals surface area (Å²) in [6.45, 7) is 3.16. The summed E-state index contributed by atoms with van der Waals surface area (Å²) in [5, 5.41) is 0. The second-order valence-corrected chi connectivity index (χ2v) is 5.47. The molecule has 0 bridgehead atoms. The Morgan fingerprint density at radius 3 is 2.43 bits per heavy atom. The molecule has 1 aliphatic rings. The van der Waals surface area contributed by atoms with Crippen molar-refractivity contribution in [1.82, 2.24) is 9.80 Å². The normalized spacial score (nSPS) is 15.5. The molecule has 1 saturated heterocycles. The lowest BCUT2D eigenvalue weighted by molar-refractivity contribution is 0.0628. The van der Waals surface area contributed by atoms with Crippen LogP contribution in [0.5, 0.6) is 17.4 Å². The van der Waals surface area contributed by atoms with Crippen molar-refractivity contribution in [3.8, 4) is 17.4 Å². The van der Waals surface area contributed by atoms with E-state index in [1.165, 1.54) is 0 Å². The summed E-state index contributed by atoms with van der Waals surface area (Å²) < 4.78 is 16.4. The van der Waals surface area contributed by atoms with Crippen LogP contribution in [0.2, 0.25) is 0 Å². The fraction of sp³-hybridized carbons (Fsp3) is 0.353. The number of likely N-dealkylation sites (N-methyl/N-ethyl adjacent to an activating group) is 1. The van der Waals surface area contributed by atoms with Crippen LogP contribution in [-0.2, 0) is 0 Å². The predicted molar refractivity (Wildman–Crippen MR) is 85.2 cm³/mol. The van der Waals surface area contributed by atoms with Gasteiger partial charge < -0.3 is 23.7 Å².